The van der Waals surface area contributed by atoms with Gasteiger partial charge < -0.3 is 0 Å². The lowest BCUT2D eigenvalue weighted by molar-refractivity contribution is 0.880. The van der Waals surface area contributed by atoms with Crippen LogP contribution in [0.5, 0.6) is 0 Å². The summed E-state index contributed by atoms with van der Waals surface area (Å²) in [7, 11) is 0. The van der Waals surface area contributed by atoms with E-state index < -0.39 is 0 Å². The van der Waals surface area contributed by atoms with Crippen molar-refractivity contribution < 1.29 is 0 Å². The van der Waals surface area contributed by atoms with Crippen LogP contribution in [0.4, 0.5) is 0 Å². The van der Waals surface area contributed by atoms with Crippen LogP contribution >= 0.6 is 11.8 Å². The van der Waals surface area contributed by atoms with Gasteiger partial charge in [0.05, 0.1) is 0 Å². The Morgan fingerprint density at radius 2 is 1.74 bits per heavy atom. The molecule has 2 aromatic carbocycles. The van der Waals surface area contributed by atoms with E-state index in [-0.39, 0.29) is 5.56 Å². The number of thioether (sulfide) groups is 1. The van der Waals surface area contributed by atoms with Crippen LogP contribution in [-0.2, 0) is 5.75 Å². The number of rotatable bonds is 4. The van der Waals surface area contributed by atoms with Gasteiger partial charge >= 0.3 is 0 Å². The van der Waals surface area contributed by atoms with Gasteiger partial charge in [-0.05, 0) is 42.7 Å². The molecule has 116 valence electrons. The van der Waals surface area contributed by atoms with Crippen LogP contribution in [0.2, 0.25) is 0 Å². The van der Waals surface area contributed by atoms with Crippen LogP contribution in [0.1, 0.15) is 16.7 Å². The molecule has 0 bridgehead atoms. The van der Waals surface area contributed by atoms with Crippen molar-refractivity contribution >= 4 is 11.8 Å². The van der Waals surface area contributed by atoms with Crippen molar-refractivity contribution in [2.45, 2.75) is 24.6 Å². The maximum Gasteiger partial charge on any atom is 0.287 e. The van der Waals surface area contributed by atoms with Gasteiger partial charge in [-0.3, -0.25) is 9.36 Å². The molecule has 3 nitrogen and oxygen atoms in total. The summed E-state index contributed by atoms with van der Waals surface area (Å²) in [5, 5.41) is 0.524. The summed E-state index contributed by atoms with van der Waals surface area (Å²) < 4.78 is 1.67. The van der Waals surface area contributed by atoms with Gasteiger partial charge in [0.2, 0.25) is 0 Å². The minimum atomic E-state index is -0.0709. The SMILES string of the molecule is Cc1cc(C)cc(-n2ccnc(SCc3ccccc3)c2=O)c1. The Balaban J connectivity index is 1.91. The first-order chi connectivity index (χ1) is 11.1. The summed E-state index contributed by atoms with van der Waals surface area (Å²) in [6, 6.07) is 16.2. The number of nitrogens with zero attached hydrogens (tertiary/aromatic N) is 2. The van der Waals surface area contributed by atoms with Crippen molar-refractivity contribution in [2.75, 3.05) is 0 Å². The molecule has 3 aromatic rings. The van der Waals surface area contributed by atoms with Crippen molar-refractivity contribution in [3.63, 3.8) is 0 Å². The molecule has 3 rings (SSSR count). The number of benzene rings is 2. The molecule has 0 unspecified atom stereocenters. The molecule has 0 aliphatic rings. The van der Waals surface area contributed by atoms with E-state index in [4.69, 9.17) is 0 Å². The summed E-state index contributed by atoms with van der Waals surface area (Å²) in [6.45, 7) is 4.07. The van der Waals surface area contributed by atoms with Gasteiger partial charge in [0, 0.05) is 23.8 Å². The molecule has 1 heterocycles. The van der Waals surface area contributed by atoms with Gasteiger partial charge in [0.15, 0.2) is 5.03 Å². The third-order valence-corrected chi connectivity index (χ3v) is 4.54. The molecule has 23 heavy (non-hydrogen) atoms. The van der Waals surface area contributed by atoms with Gasteiger partial charge in [-0.25, -0.2) is 4.98 Å². The van der Waals surface area contributed by atoms with Gasteiger partial charge in [-0.15, -0.1) is 0 Å². The zero-order chi connectivity index (χ0) is 16.2. The predicted octanol–water partition coefficient (Wildman–Crippen LogP) is 4.14. The second-order valence-electron chi connectivity index (χ2n) is 5.53. The maximum atomic E-state index is 12.7. The highest BCUT2D eigenvalue weighted by atomic mass is 32.2. The fraction of sp³-hybridized carbons (Fsp3) is 0.158. The van der Waals surface area contributed by atoms with E-state index in [1.807, 2.05) is 44.2 Å². The molecule has 0 aliphatic heterocycles. The molecule has 0 spiro atoms. The van der Waals surface area contributed by atoms with E-state index in [1.165, 1.54) is 17.3 Å². The molecule has 0 amide bonds. The zero-order valence-electron chi connectivity index (χ0n) is 13.2. The van der Waals surface area contributed by atoms with Crippen molar-refractivity contribution in [1.29, 1.82) is 0 Å². The van der Waals surface area contributed by atoms with Crippen molar-refractivity contribution in [3.05, 3.63) is 88.0 Å². The van der Waals surface area contributed by atoms with Gasteiger partial charge in [0.1, 0.15) is 0 Å². The Labute approximate surface area is 140 Å². The van der Waals surface area contributed by atoms with E-state index in [2.05, 4.69) is 23.2 Å². The highest BCUT2D eigenvalue weighted by Crippen LogP contribution is 2.18. The van der Waals surface area contributed by atoms with Crippen LogP contribution in [0.15, 0.2) is 70.7 Å². The number of hydrogen-bond donors (Lipinski definition) is 0. The van der Waals surface area contributed by atoms with Crippen LogP contribution in [0.3, 0.4) is 0 Å². The molecule has 0 saturated heterocycles. The van der Waals surface area contributed by atoms with Crippen LogP contribution in [0.25, 0.3) is 5.69 Å². The average molecular weight is 322 g/mol. The summed E-state index contributed by atoms with van der Waals surface area (Å²) in [6.07, 6.45) is 3.41. The molecule has 0 radical (unpaired) electrons. The van der Waals surface area contributed by atoms with Gasteiger partial charge in [-0.2, -0.15) is 0 Å². The van der Waals surface area contributed by atoms with Crippen molar-refractivity contribution in [2.24, 2.45) is 0 Å². The lowest BCUT2D eigenvalue weighted by Crippen LogP contribution is -2.20. The quantitative estimate of drug-likeness (QED) is 0.677. The molecule has 0 fully saturated rings. The van der Waals surface area contributed by atoms with Gasteiger partial charge in [0.25, 0.3) is 5.56 Å². The lowest BCUT2D eigenvalue weighted by atomic mass is 10.1. The van der Waals surface area contributed by atoms with Crippen molar-refractivity contribution in [3.8, 4) is 5.69 Å². The van der Waals surface area contributed by atoms with Crippen molar-refractivity contribution in [1.82, 2.24) is 9.55 Å². The van der Waals surface area contributed by atoms with Crippen LogP contribution < -0.4 is 5.56 Å². The van der Waals surface area contributed by atoms with Gasteiger partial charge in [-0.1, -0.05) is 48.2 Å². The first-order valence-corrected chi connectivity index (χ1v) is 8.45. The largest absolute Gasteiger partial charge is 0.287 e. The fourth-order valence-electron chi connectivity index (χ4n) is 2.51. The Hall–Kier alpha value is -2.33. The monoisotopic (exact) mass is 322 g/mol. The Kier molecular flexibility index (Phi) is 4.63. The second-order valence-corrected chi connectivity index (χ2v) is 6.49. The normalized spacial score (nSPS) is 10.7. The van der Waals surface area contributed by atoms with E-state index >= 15 is 0 Å². The van der Waals surface area contributed by atoms with E-state index in [0.717, 1.165) is 22.6 Å². The lowest BCUT2D eigenvalue weighted by Gasteiger charge is -2.09. The molecule has 1 aromatic heterocycles. The first-order valence-electron chi connectivity index (χ1n) is 7.46. The minimum Gasteiger partial charge on any atom is -0.280 e. The van der Waals surface area contributed by atoms with E-state index in [9.17, 15) is 4.79 Å². The topological polar surface area (TPSA) is 34.9 Å². The summed E-state index contributed by atoms with van der Waals surface area (Å²) >= 11 is 1.47. The molecule has 0 saturated carbocycles. The molecular formula is C19H18N2OS. The Bertz CT molecular complexity index is 852. The maximum absolute atomic E-state index is 12.7. The molecule has 0 aliphatic carbocycles. The smallest absolute Gasteiger partial charge is 0.280 e. The van der Waals surface area contributed by atoms with Crippen LogP contribution in [0, 0.1) is 13.8 Å². The van der Waals surface area contributed by atoms with Crippen LogP contribution in [-0.4, -0.2) is 9.55 Å². The average Bonchev–Trinajstić information content (AvgIpc) is 2.54. The first kappa shape index (κ1) is 15.6. The molecule has 0 atom stereocenters. The third-order valence-electron chi connectivity index (χ3n) is 3.51. The molecular weight excluding hydrogens is 304 g/mol. The predicted molar refractivity (Wildman–Crippen MR) is 95.3 cm³/mol. The third kappa shape index (κ3) is 3.71. The number of hydrogen-bond acceptors (Lipinski definition) is 3. The fourth-order valence-corrected chi connectivity index (χ4v) is 3.36. The molecule has 4 heteroatoms. The second kappa shape index (κ2) is 6.84. The van der Waals surface area contributed by atoms with E-state index in [1.54, 1.807) is 17.0 Å². The highest BCUT2D eigenvalue weighted by molar-refractivity contribution is 7.98. The zero-order valence-corrected chi connectivity index (χ0v) is 14.0. The molecule has 0 N–H and O–H groups in total. The van der Waals surface area contributed by atoms with E-state index in [0.29, 0.717) is 5.03 Å². The number of aryl methyl sites for hydroxylation is 2. The summed E-state index contributed by atoms with van der Waals surface area (Å²) in [4.78, 5) is 16.9. The standard InChI is InChI=1S/C19H18N2OS/c1-14-10-15(2)12-17(11-14)21-9-8-20-18(19(21)22)23-13-16-6-4-3-5-7-16/h3-12H,13H2,1-2H3. The summed E-state index contributed by atoms with van der Waals surface area (Å²) in [5.41, 5.74) is 4.28. The Morgan fingerprint density at radius 3 is 2.43 bits per heavy atom. The minimum absolute atomic E-state index is 0.0709. The Morgan fingerprint density at radius 1 is 1.04 bits per heavy atom. The highest BCUT2D eigenvalue weighted by Gasteiger charge is 2.08. The number of aromatic nitrogens is 2. The summed E-state index contributed by atoms with van der Waals surface area (Å²) in [5.74, 6) is 0.736.